The second kappa shape index (κ2) is 15.5. The summed E-state index contributed by atoms with van der Waals surface area (Å²) in [6.07, 6.45) is -0.606. The van der Waals surface area contributed by atoms with Crippen molar-refractivity contribution >= 4 is 103 Å². The van der Waals surface area contributed by atoms with Gasteiger partial charge in [-0.05, 0) is 12.1 Å². The van der Waals surface area contributed by atoms with E-state index < -0.39 is 45.3 Å². The molecule has 48 heavy (non-hydrogen) atoms. The zero-order valence-electron chi connectivity index (χ0n) is 24.0. The zero-order valence-corrected chi connectivity index (χ0v) is 27.2. The van der Waals surface area contributed by atoms with Gasteiger partial charge in [0.15, 0.2) is 0 Å². The Hall–Kier alpha value is -5.32. The molecule has 0 radical (unpaired) electrons. The molecule has 6 amide bonds. The first-order valence-electron chi connectivity index (χ1n) is 13.3. The quantitative estimate of drug-likeness (QED) is 0.117. The van der Waals surface area contributed by atoms with E-state index in [-0.39, 0.29) is 66.9 Å². The van der Waals surface area contributed by atoms with E-state index in [4.69, 9.17) is 24.4 Å². The monoisotopic (exact) mass is 732 g/mol. The molecule has 2 aliphatic rings. The van der Waals surface area contributed by atoms with Gasteiger partial charge in [0, 0.05) is 61.3 Å². The van der Waals surface area contributed by atoms with Gasteiger partial charge in [-0.25, -0.2) is 0 Å². The van der Waals surface area contributed by atoms with Crippen LogP contribution in [0.3, 0.4) is 0 Å². The lowest BCUT2D eigenvalue weighted by molar-refractivity contribution is -0.385. The molecule has 0 spiro atoms. The summed E-state index contributed by atoms with van der Waals surface area (Å²) in [5, 5.41) is 21.8. The Kier molecular flexibility index (Phi) is 11.5. The van der Waals surface area contributed by atoms with E-state index in [1.807, 2.05) is 0 Å². The van der Waals surface area contributed by atoms with Crippen LogP contribution in [0.1, 0.15) is 33.6 Å². The summed E-state index contributed by atoms with van der Waals surface area (Å²) < 4.78 is 0.125. The number of carbonyl (C=O) groups is 6. The van der Waals surface area contributed by atoms with Crippen molar-refractivity contribution in [2.45, 2.75) is 12.8 Å². The van der Waals surface area contributed by atoms with Crippen LogP contribution in [0.5, 0.6) is 0 Å². The highest BCUT2D eigenvalue weighted by molar-refractivity contribution is 8.29. The van der Waals surface area contributed by atoms with E-state index in [1.165, 1.54) is 36.4 Å². The van der Waals surface area contributed by atoms with Crippen molar-refractivity contribution in [1.29, 1.82) is 0 Å². The number of nitro benzene ring substituents is 2. The Labute approximate surface area is 288 Å². The lowest BCUT2D eigenvalue weighted by Crippen LogP contribution is -2.43. The molecule has 2 saturated heterocycles. The number of amides is 6. The number of rotatable bonds is 10. The van der Waals surface area contributed by atoms with E-state index in [2.05, 4.69) is 21.7 Å². The third kappa shape index (κ3) is 8.52. The number of thiocarbonyl (C=S) groups is 2. The number of thioether (sulfide) groups is 2. The maximum Gasteiger partial charge on any atom is 0.270 e. The molecule has 0 aliphatic carbocycles. The van der Waals surface area contributed by atoms with Crippen molar-refractivity contribution in [3.8, 4) is 0 Å². The minimum absolute atomic E-state index is 0.0205. The van der Waals surface area contributed by atoms with Gasteiger partial charge in [-0.15, -0.1) is 0 Å². The van der Waals surface area contributed by atoms with E-state index in [9.17, 15) is 49.0 Å². The van der Waals surface area contributed by atoms with Gasteiger partial charge in [-0.1, -0.05) is 60.1 Å². The van der Waals surface area contributed by atoms with Gasteiger partial charge in [0.2, 0.25) is 11.8 Å². The summed E-state index contributed by atoms with van der Waals surface area (Å²) in [5.41, 5.74) is 7.80. The molecule has 4 N–H and O–H groups in total. The standard InChI is InChI=1S/C26H20N8O10S4/c35-17(27-29-21(37)13-3-1-5-15(11-13)33(41)42)7-9-31-23(39)19(47-25(31)45)20-24(40)32(26(46)48-20)10-8-18(36)28-30-22(38)14-4-2-6-16(12-14)34(43)44/h1-6,11-12H,7-10H2,(H,27,35)(H,28,36)(H,29,37)(H,30,38). The smallest absolute Gasteiger partial charge is 0.270 e. The van der Waals surface area contributed by atoms with Gasteiger partial charge >= 0.3 is 0 Å². The van der Waals surface area contributed by atoms with Crippen LogP contribution in [0, 0.1) is 20.2 Å². The Morgan fingerprint density at radius 3 is 1.40 bits per heavy atom. The summed E-state index contributed by atoms with van der Waals surface area (Å²) in [7, 11) is 0. The molecule has 248 valence electrons. The Bertz CT molecular complexity index is 1710. The number of nitro groups is 2. The number of benzene rings is 2. The van der Waals surface area contributed by atoms with E-state index in [1.54, 1.807) is 0 Å². The van der Waals surface area contributed by atoms with Gasteiger partial charge in [0.1, 0.15) is 8.64 Å². The minimum Gasteiger partial charge on any atom is -0.292 e. The number of nitrogens with zero attached hydrogens (tertiary/aromatic N) is 4. The molecule has 0 atom stereocenters. The van der Waals surface area contributed by atoms with Crippen LogP contribution >= 0.6 is 48.0 Å². The van der Waals surface area contributed by atoms with Gasteiger partial charge in [-0.3, -0.25) is 80.5 Å². The number of hydrogen-bond acceptors (Lipinski definition) is 14. The van der Waals surface area contributed by atoms with Gasteiger partial charge in [0.05, 0.1) is 19.7 Å². The fraction of sp³-hybridized carbons (Fsp3) is 0.154. The van der Waals surface area contributed by atoms with Gasteiger partial charge in [-0.2, -0.15) is 0 Å². The van der Waals surface area contributed by atoms with E-state index in [0.717, 1.165) is 45.5 Å². The van der Waals surface area contributed by atoms with E-state index in [0.29, 0.717) is 0 Å². The molecule has 2 aliphatic heterocycles. The summed E-state index contributed by atoms with van der Waals surface area (Å²) in [4.78, 5) is 98.0. The number of carbonyl (C=O) groups excluding carboxylic acids is 6. The normalized spacial score (nSPS) is 15.8. The molecule has 2 aromatic rings. The second-order valence-corrected chi connectivity index (χ2v) is 12.7. The van der Waals surface area contributed by atoms with Crippen molar-refractivity contribution in [1.82, 2.24) is 31.5 Å². The molecule has 18 nitrogen and oxygen atoms in total. The molecule has 22 heteroatoms. The average Bonchev–Trinajstić information content (AvgIpc) is 3.51. The molecular weight excluding hydrogens is 713 g/mol. The fourth-order valence-electron chi connectivity index (χ4n) is 3.93. The Morgan fingerprint density at radius 1 is 0.667 bits per heavy atom. The Balaban J connectivity index is 1.26. The topological polar surface area (TPSA) is 243 Å². The van der Waals surface area contributed by atoms with Crippen LogP contribution in [0.25, 0.3) is 0 Å². The van der Waals surface area contributed by atoms with Gasteiger partial charge < -0.3 is 0 Å². The number of non-ortho nitro benzene ring substituents is 2. The van der Waals surface area contributed by atoms with Crippen molar-refractivity contribution in [2.24, 2.45) is 0 Å². The molecule has 0 bridgehead atoms. The Morgan fingerprint density at radius 2 is 1.04 bits per heavy atom. The molecule has 0 aromatic heterocycles. The second-order valence-electron chi connectivity index (χ2n) is 9.43. The summed E-state index contributed by atoms with van der Waals surface area (Å²) >= 11 is 12.2. The molecule has 2 heterocycles. The van der Waals surface area contributed by atoms with Crippen LogP contribution in [0.15, 0.2) is 58.3 Å². The summed E-state index contributed by atoms with van der Waals surface area (Å²) in [5.74, 6) is -4.31. The summed E-state index contributed by atoms with van der Waals surface area (Å²) in [6.45, 7) is -0.398. The first-order chi connectivity index (χ1) is 22.8. The van der Waals surface area contributed by atoms with Crippen molar-refractivity contribution in [3.05, 3.63) is 89.7 Å². The van der Waals surface area contributed by atoms with Crippen LogP contribution in [0.4, 0.5) is 11.4 Å². The highest BCUT2D eigenvalue weighted by atomic mass is 32.2. The largest absolute Gasteiger partial charge is 0.292 e. The highest BCUT2D eigenvalue weighted by Gasteiger charge is 2.42. The maximum absolute atomic E-state index is 13.1. The third-order valence-corrected chi connectivity index (χ3v) is 9.32. The number of nitrogens with one attached hydrogen (secondary N) is 4. The highest BCUT2D eigenvalue weighted by Crippen LogP contribution is 2.42. The molecule has 0 unspecified atom stereocenters. The summed E-state index contributed by atoms with van der Waals surface area (Å²) in [6, 6.07) is 9.71. The molecule has 0 saturated carbocycles. The third-order valence-electron chi connectivity index (χ3n) is 6.30. The van der Waals surface area contributed by atoms with Crippen LogP contribution in [-0.4, -0.2) is 76.8 Å². The zero-order chi connectivity index (χ0) is 35.1. The lowest BCUT2D eigenvalue weighted by Gasteiger charge is -2.15. The lowest BCUT2D eigenvalue weighted by atomic mass is 10.2. The van der Waals surface area contributed by atoms with Crippen molar-refractivity contribution in [2.75, 3.05) is 13.1 Å². The number of hydrazine groups is 2. The maximum atomic E-state index is 13.1. The predicted octanol–water partition coefficient (Wildman–Crippen LogP) is 1.44. The number of hydrogen-bond donors (Lipinski definition) is 4. The first-order valence-corrected chi connectivity index (χ1v) is 15.7. The van der Waals surface area contributed by atoms with Gasteiger partial charge in [0.25, 0.3) is 35.0 Å². The molecule has 4 rings (SSSR count). The van der Waals surface area contributed by atoms with Crippen molar-refractivity contribution in [3.63, 3.8) is 0 Å². The van der Waals surface area contributed by atoms with Crippen molar-refractivity contribution < 1.29 is 38.6 Å². The van der Waals surface area contributed by atoms with Crippen LogP contribution in [0.2, 0.25) is 0 Å². The molecular formula is C26H20N8O10S4. The molecule has 2 aromatic carbocycles. The van der Waals surface area contributed by atoms with Crippen LogP contribution in [-0.2, 0) is 19.2 Å². The SMILES string of the molecule is O=C(CCN1C(=O)C(=C2SC(=S)N(CCC(=O)NNC(=O)c3cccc([N+](=O)[O-])c3)C2=O)SC1=S)NNC(=O)c1cccc([N+](=O)[O-])c1. The first kappa shape index (κ1) is 35.5. The average molecular weight is 733 g/mol. The predicted molar refractivity (Wildman–Crippen MR) is 177 cm³/mol. The molecule has 2 fully saturated rings. The fourth-order valence-corrected chi connectivity index (χ4v) is 6.70. The van der Waals surface area contributed by atoms with Crippen LogP contribution < -0.4 is 21.7 Å². The van der Waals surface area contributed by atoms with E-state index >= 15 is 0 Å². The minimum atomic E-state index is -0.803.